The molecular formula is C21H17IN2O4. The van der Waals surface area contributed by atoms with Gasteiger partial charge in [0, 0.05) is 5.56 Å². The lowest BCUT2D eigenvalue weighted by Crippen LogP contribution is -2.04. The van der Waals surface area contributed by atoms with E-state index in [1.165, 1.54) is 13.2 Å². The molecule has 0 saturated carbocycles. The number of carbonyl (C=O) groups is 1. The van der Waals surface area contributed by atoms with E-state index in [2.05, 4.69) is 33.4 Å². The summed E-state index contributed by atoms with van der Waals surface area (Å²) < 4.78 is 17.0. The second-order valence-corrected chi connectivity index (χ2v) is 6.64. The van der Waals surface area contributed by atoms with Crippen LogP contribution >= 0.6 is 22.6 Å². The van der Waals surface area contributed by atoms with Crippen molar-refractivity contribution in [1.82, 2.24) is 0 Å². The highest BCUT2D eigenvalue weighted by Crippen LogP contribution is 2.35. The Bertz CT molecular complexity index is 987. The summed E-state index contributed by atoms with van der Waals surface area (Å²) in [4.78, 5) is 11.6. The van der Waals surface area contributed by atoms with Crippen molar-refractivity contribution < 1.29 is 19.0 Å². The molecule has 28 heavy (non-hydrogen) atoms. The van der Waals surface area contributed by atoms with E-state index < -0.39 is 5.97 Å². The molecule has 2 rings (SSSR count). The van der Waals surface area contributed by atoms with Crippen LogP contribution < -0.4 is 9.47 Å². The first kappa shape index (κ1) is 21.3. The number of carbonyl (C=O) groups excluding carboxylic acids is 1. The molecule has 0 N–H and O–H groups in total. The van der Waals surface area contributed by atoms with Crippen LogP contribution in [0.4, 0.5) is 0 Å². The van der Waals surface area contributed by atoms with Gasteiger partial charge in [0.2, 0.25) is 0 Å². The van der Waals surface area contributed by atoms with E-state index in [0.717, 1.165) is 9.13 Å². The fraction of sp³-hybridized carbons (Fsp3) is 0.190. The molecule has 0 unspecified atom stereocenters. The van der Waals surface area contributed by atoms with Crippen molar-refractivity contribution in [3.05, 3.63) is 62.2 Å². The number of nitrogens with zero attached hydrogens (tertiary/aromatic N) is 2. The van der Waals surface area contributed by atoms with Gasteiger partial charge >= 0.3 is 5.97 Å². The predicted octanol–water partition coefficient (Wildman–Crippen LogP) is 4.22. The van der Waals surface area contributed by atoms with Crippen molar-refractivity contribution in [2.24, 2.45) is 0 Å². The van der Waals surface area contributed by atoms with Gasteiger partial charge in [-0.25, -0.2) is 4.79 Å². The van der Waals surface area contributed by atoms with E-state index in [0.29, 0.717) is 29.2 Å². The molecule has 0 spiro atoms. The highest BCUT2D eigenvalue weighted by atomic mass is 127. The molecule has 0 amide bonds. The molecule has 0 bridgehead atoms. The molecular weight excluding hydrogens is 471 g/mol. The first-order valence-electron chi connectivity index (χ1n) is 8.31. The van der Waals surface area contributed by atoms with E-state index in [9.17, 15) is 10.1 Å². The number of hydrogen-bond acceptors (Lipinski definition) is 6. The third-order valence-electron chi connectivity index (χ3n) is 3.68. The molecule has 0 saturated heterocycles. The van der Waals surface area contributed by atoms with Gasteiger partial charge < -0.3 is 14.2 Å². The minimum atomic E-state index is -0.705. The third kappa shape index (κ3) is 5.24. The topological polar surface area (TPSA) is 92.3 Å². The SMILES string of the molecule is CCOc1cc(/C=C(\C#N)C(=O)OC)cc(I)c1OCc1ccccc1C#N. The van der Waals surface area contributed by atoms with Crippen molar-refractivity contribution in [3.63, 3.8) is 0 Å². The second kappa shape index (κ2) is 10.3. The van der Waals surface area contributed by atoms with E-state index >= 15 is 0 Å². The fourth-order valence-corrected chi connectivity index (χ4v) is 3.17. The third-order valence-corrected chi connectivity index (χ3v) is 4.48. The predicted molar refractivity (Wildman–Crippen MR) is 111 cm³/mol. The second-order valence-electron chi connectivity index (χ2n) is 5.48. The van der Waals surface area contributed by atoms with Gasteiger partial charge in [-0.05, 0) is 59.4 Å². The minimum Gasteiger partial charge on any atom is -0.490 e. The Morgan fingerprint density at radius 2 is 1.96 bits per heavy atom. The number of halogens is 1. The summed E-state index contributed by atoms with van der Waals surface area (Å²) >= 11 is 2.10. The van der Waals surface area contributed by atoms with E-state index in [1.54, 1.807) is 24.3 Å². The molecule has 0 aromatic heterocycles. The van der Waals surface area contributed by atoms with Crippen LogP contribution in [0.5, 0.6) is 11.5 Å². The summed E-state index contributed by atoms with van der Waals surface area (Å²) in [6.07, 6.45) is 1.44. The van der Waals surface area contributed by atoms with Gasteiger partial charge in [-0.15, -0.1) is 0 Å². The van der Waals surface area contributed by atoms with E-state index in [4.69, 9.17) is 14.7 Å². The number of benzene rings is 2. The Kier molecular flexibility index (Phi) is 7.85. The Balaban J connectivity index is 2.38. The maximum atomic E-state index is 11.6. The van der Waals surface area contributed by atoms with E-state index in [-0.39, 0.29) is 12.2 Å². The molecule has 0 aliphatic heterocycles. The van der Waals surface area contributed by atoms with Gasteiger partial charge in [0.05, 0.1) is 28.9 Å². The smallest absolute Gasteiger partial charge is 0.348 e. The summed E-state index contributed by atoms with van der Waals surface area (Å²) in [5.74, 6) is 0.310. The molecule has 7 heteroatoms. The maximum Gasteiger partial charge on any atom is 0.348 e. The van der Waals surface area contributed by atoms with Gasteiger partial charge in [-0.2, -0.15) is 10.5 Å². The lowest BCUT2D eigenvalue weighted by Gasteiger charge is -2.15. The van der Waals surface area contributed by atoms with Gasteiger partial charge in [0.15, 0.2) is 11.5 Å². The zero-order valence-electron chi connectivity index (χ0n) is 15.4. The average Bonchev–Trinajstić information content (AvgIpc) is 2.71. The Hall–Kier alpha value is -3.04. The van der Waals surface area contributed by atoms with Gasteiger partial charge in [-0.3, -0.25) is 0 Å². The molecule has 0 atom stereocenters. The number of ether oxygens (including phenoxy) is 3. The zero-order chi connectivity index (χ0) is 20.5. The highest BCUT2D eigenvalue weighted by Gasteiger charge is 2.15. The van der Waals surface area contributed by atoms with Gasteiger partial charge in [-0.1, -0.05) is 18.2 Å². The van der Waals surface area contributed by atoms with Crippen LogP contribution in [0, 0.1) is 26.2 Å². The monoisotopic (exact) mass is 488 g/mol. The van der Waals surface area contributed by atoms with Crippen LogP contribution in [-0.4, -0.2) is 19.7 Å². The number of nitriles is 2. The Morgan fingerprint density at radius 3 is 2.61 bits per heavy atom. The largest absolute Gasteiger partial charge is 0.490 e. The lowest BCUT2D eigenvalue weighted by atomic mass is 10.1. The van der Waals surface area contributed by atoms with Crippen molar-refractivity contribution >= 4 is 34.6 Å². The average molecular weight is 488 g/mol. The van der Waals surface area contributed by atoms with Crippen molar-refractivity contribution in [2.75, 3.05) is 13.7 Å². The number of rotatable bonds is 7. The van der Waals surface area contributed by atoms with Crippen molar-refractivity contribution in [3.8, 4) is 23.6 Å². The summed E-state index contributed by atoms with van der Waals surface area (Å²) in [6, 6.07) is 14.6. The standard InChI is InChI=1S/C21H17IN2O4/c1-3-27-19-10-14(8-17(12-24)21(25)26-2)9-18(22)20(19)28-13-16-7-5-4-6-15(16)11-23/h4-10H,3,13H2,1-2H3/b17-8+. The Labute approximate surface area is 177 Å². The Morgan fingerprint density at radius 1 is 1.21 bits per heavy atom. The summed E-state index contributed by atoms with van der Waals surface area (Å²) in [5, 5.41) is 18.4. The normalized spacial score (nSPS) is 10.5. The molecule has 0 fully saturated rings. The summed E-state index contributed by atoms with van der Waals surface area (Å²) in [6.45, 7) is 2.47. The molecule has 0 aliphatic rings. The van der Waals surface area contributed by atoms with Crippen LogP contribution in [0.2, 0.25) is 0 Å². The molecule has 2 aromatic carbocycles. The van der Waals surface area contributed by atoms with Crippen LogP contribution in [0.15, 0.2) is 42.0 Å². The number of methoxy groups -OCH3 is 1. The van der Waals surface area contributed by atoms with Crippen LogP contribution in [0.3, 0.4) is 0 Å². The van der Waals surface area contributed by atoms with Crippen LogP contribution in [0.25, 0.3) is 6.08 Å². The summed E-state index contributed by atoms with van der Waals surface area (Å²) in [7, 11) is 1.22. The van der Waals surface area contributed by atoms with Gasteiger partial charge in [0.1, 0.15) is 18.2 Å². The molecule has 2 aromatic rings. The van der Waals surface area contributed by atoms with Crippen molar-refractivity contribution in [2.45, 2.75) is 13.5 Å². The molecule has 0 radical (unpaired) electrons. The van der Waals surface area contributed by atoms with Crippen LogP contribution in [0.1, 0.15) is 23.6 Å². The number of esters is 1. The molecule has 0 heterocycles. The van der Waals surface area contributed by atoms with Gasteiger partial charge in [0.25, 0.3) is 0 Å². The van der Waals surface area contributed by atoms with Crippen molar-refractivity contribution in [1.29, 1.82) is 10.5 Å². The molecule has 0 aliphatic carbocycles. The first-order chi connectivity index (χ1) is 13.5. The maximum absolute atomic E-state index is 11.6. The summed E-state index contributed by atoms with van der Waals surface area (Å²) in [5.41, 5.74) is 1.81. The fourth-order valence-electron chi connectivity index (χ4n) is 2.39. The number of hydrogen-bond donors (Lipinski definition) is 0. The zero-order valence-corrected chi connectivity index (χ0v) is 17.5. The molecule has 6 nitrogen and oxygen atoms in total. The molecule has 142 valence electrons. The lowest BCUT2D eigenvalue weighted by molar-refractivity contribution is -0.135. The first-order valence-corrected chi connectivity index (χ1v) is 9.39. The van der Waals surface area contributed by atoms with E-state index in [1.807, 2.05) is 25.1 Å². The highest BCUT2D eigenvalue weighted by molar-refractivity contribution is 14.1. The minimum absolute atomic E-state index is 0.114. The van der Waals surface area contributed by atoms with Crippen LogP contribution in [-0.2, 0) is 16.1 Å². The quantitative estimate of drug-likeness (QED) is 0.251.